The van der Waals surface area contributed by atoms with E-state index in [0.717, 1.165) is 31.0 Å². The van der Waals surface area contributed by atoms with Gasteiger partial charge in [0.2, 0.25) is 0 Å². The number of likely N-dealkylation sites (tertiary alicyclic amines) is 1. The van der Waals surface area contributed by atoms with Crippen molar-refractivity contribution in [1.82, 2.24) is 15.5 Å². The summed E-state index contributed by atoms with van der Waals surface area (Å²) in [6, 6.07) is 9.67. The molecule has 0 aromatic heterocycles. The van der Waals surface area contributed by atoms with Gasteiger partial charge in [0.05, 0.1) is 0 Å². The van der Waals surface area contributed by atoms with E-state index >= 15 is 0 Å². The monoisotopic (exact) mass is 456 g/mol. The van der Waals surface area contributed by atoms with Crippen LogP contribution in [-0.4, -0.2) is 50.1 Å². The Balaban J connectivity index is 0.00000225. The van der Waals surface area contributed by atoms with Crippen LogP contribution in [0.2, 0.25) is 0 Å². The van der Waals surface area contributed by atoms with Crippen LogP contribution in [0.4, 0.5) is 0 Å². The van der Waals surface area contributed by atoms with Gasteiger partial charge < -0.3 is 15.5 Å². The Morgan fingerprint density at radius 1 is 1.28 bits per heavy atom. The molecule has 1 aliphatic heterocycles. The van der Waals surface area contributed by atoms with E-state index in [2.05, 4.69) is 58.6 Å². The van der Waals surface area contributed by atoms with E-state index < -0.39 is 0 Å². The molecule has 0 spiro atoms. The highest BCUT2D eigenvalue weighted by atomic mass is 127. The van der Waals surface area contributed by atoms with Crippen molar-refractivity contribution in [2.45, 2.75) is 45.1 Å². The minimum atomic E-state index is 0. The standard InChI is InChI=1S/C20H32N4.HI/c1-15-5-4-6-18(11-15)16(2)12-22-20(21-3)23-13-17-9-10-24(14-17)19-7-8-19;/h4-6,11,16-17,19H,7-10,12-14H2,1-3H3,(H2,21,22,23);1H. The van der Waals surface area contributed by atoms with Gasteiger partial charge in [-0.3, -0.25) is 4.99 Å². The van der Waals surface area contributed by atoms with Gasteiger partial charge >= 0.3 is 0 Å². The molecule has 5 heteroatoms. The Morgan fingerprint density at radius 2 is 2.08 bits per heavy atom. The first kappa shape index (κ1) is 20.5. The lowest BCUT2D eigenvalue weighted by Crippen LogP contribution is -2.41. The number of hydrogen-bond donors (Lipinski definition) is 2. The molecule has 25 heavy (non-hydrogen) atoms. The Hall–Kier alpha value is -0.820. The van der Waals surface area contributed by atoms with Gasteiger partial charge in [-0.25, -0.2) is 0 Å². The number of nitrogens with one attached hydrogen (secondary N) is 2. The van der Waals surface area contributed by atoms with Crippen LogP contribution in [0.1, 0.15) is 43.2 Å². The molecule has 2 atom stereocenters. The van der Waals surface area contributed by atoms with Gasteiger partial charge in [0, 0.05) is 32.7 Å². The van der Waals surface area contributed by atoms with E-state index in [1.54, 1.807) is 0 Å². The molecule has 2 fully saturated rings. The number of aliphatic imine (C=N–C) groups is 1. The van der Waals surface area contributed by atoms with Crippen LogP contribution < -0.4 is 10.6 Å². The van der Waals surface area contributed by atoms with E-state index in [0.29, 0.717) is 5.92 Å². The number of benzene rings is 1. The smallest absolute Gasteiger partial charge is 0.191 e. The molecule has 2 aliphatic rings. The van der Waals surface area contributed by atoms with Crippen molar-refractivity contribution < 1.29 is 0 Å². The van der Waals surface area contributed by atoms with E-state index in [1.165, 1.54) is 43.5 Å². The highest BCUT2D eigenvalue weighted by Crippen LogP contribution is 2.31. The minimum absolute atomic E-state index is 0. The second kappa shape index (κ2) is 9.76. The average molecular weight is 456 g/mol. The third kappa shape index (κ3) is 6.13. The number of halogens is 1. The maximum Gasteiger partial charge on any atom is 0.191 e. The number of guanidine groups is 1. The third-order valence-electron chi connectivity index (χ3n) is 5.35. The van der Waals surface area contributed by atoms with Crippen molar-refractivity contribution >= 4 is 29.9 Å². The van der Waals surface area contributed by atoms with Crippen LogP contribution >= 0.6 is 24.0 Å². The highest BCUT2D eigenvalue weighted by molar-refractivity contribution is 14.0. The van der Waals surface area contributed by atoms with Gasteiger partial charge in [0.25, 0.3) is 0 Å². The molecule has 2 N–H and O–H groups in total. The summed E-state index contributed by atoms with van der Waals surface area (Å²) in [4.78, 5) is 7.05. The van der Waals surface area contributed by atoms with Crippen molar-refractivity contribution in [2.24, 2.45) is 10.9 Å². The summed E-state index contributed by atoms with van der Waals surface area (Å²) in [7, 11) is 1.86. The van der Waals surface area contributed by atoms with Gasteiger partial charge in [-0.05, 0) is 50.1 Å². The fourth-order valence-electron chi connectivity index (χ4n) is 3.61. The van der Waals surface area contributed by atoms with Crippen LogP contribution in [0.25, 0.3) is 0 Å². The summed E-state index contributed by atoms with van der Waals surface area (Å²) in [5.41, 5.74) is 2.71. The number of hydrogen-bond acceptors (Lipinski definition) is 2. The first-order chi connectivity index (χ1) is 11.7. The molecular formula is C20H33IN4. The molecule has 0 radical (unpaired) electrons. The zero-order chi connectivity index (χ0) is 16.9. The molecule has 1 heterocycles. The molecular weight excluding hydrogens is 423 g/mol. The van der Waals surface area contributed by atoms with E-state index in [-0.39, 0.29) is 24.0 Å². The SMILES string of the molecule is CN=C(NCC1CCN(C2CC2)C1)NCC(C)c1cccc(C)c1.I. The summed E-state index contributed by atoms with van der Waals surface area (Å²) in [6.45, 7) is 8.89. The summed E-state index contributed by atoms with van der Waals surface area (Å²) < 4.78 is 0. The Morgan fingerprint density at radius 3 is 2.76 bits per heavy atom. The van der Waals surface area contributed by atoms with Gasteiger partial charge in [-0.15, -0.1) is 24.0 Å². The van der Waals surface area contributed by atoms with E-state index in [1.807, 2.05) is 7.05 Å². The minimum Gasteiger partial charge on any atom is -0.356 e. The molecule has 0 amide bonds. The van der Waals surface area contributed by atoms with E-state index in [4.69, 9.17) is 0 Å². The maximum atomic E-state index is 4.38. The lowest BCUT2D eigenvalue weighted by Gasteiger charge is -2.19. The lowest BCUT2D eigenvalue weighted by molar-refractivity contribution is 0.314. The van der Waals surface area contributed by atoms with Crippen LogP contribution in [0, 0.1) is 12.8 Å². The predicted molar refractivity (Wildman–Crippen MR) is 117 cm³/mol. The molecule has 140 valence electrons. The molecule has 1 saturated carbocycles. The maximum absolute atomic E-state index is 4.38. The van der Waals surface area contributed by atoms with Crippen LogP contribution in [0.5, 0.6) is 0 Å². The molecule has 4 nitrogen and oxygen atoms in total. The first-order valence-corrected chi connectivity index (χ1v) is 9.41. The lowest BCUT2D eigenvalue weighted by atomic mass is 9.99. The van der Waals surface area contributed by atoms with Crippen molar-refractivity contribution in [1.29, 1.82) is 0 Å². The fraction of sp³-hybridized carbons (Fsp3) is 0.650. The Kier molecular flexibility index (Phi) is 8.00. The van der Waals surface area contributed by atoms with Gasteiger partial charge in [0.15, 0.2) is 5.96 Å². The van der Waals surface area contributed by atoms with Crippen LogP contribution in [-0.2, 0) is 0 Å². The van der Waals surface area contributed by atoms with Crippen molar-refractivity contribution in [2.75, 3.05) is 33.2 Å². The van der Waals surface area contributed by atoms with Crippen molar-refractivity contribution in [3.8, 4) is 0 Å². The zero-order valence-corrected chi connectivity index (χ0v) is 18.1. The summed E-state index contributed by atoms with van der Waals surface area (Å²) >= 11 is 0. The van der Waals surface area contributed by atoms with Crippen molar-refractivity contribution in [3.63, 3.8) is 0 Å². The zero-order valence-electron chi connectivity index (χ0n) is 15.8. The normalized spacial score (nSPS) is 22.4. The molecule has 1 aromatic rings. The van der Waals surface area contributed by atoms with Crippen LogP contribution in [0.3, 0.4) is 0 Å². The summed E-state index contributed by atoms with van der Waals surface area (Å²) in [6.07, 6.45) is 4.15. The van der Waals surface area contributed by atoms with E-state index in [9.17, 15) is 0 Å². The summed E-state index contributed by atoms with van der Waals surface area (Å²) in [5.74, 6) is 2.16. The van der Waals surface area contributed by atoms with Crippen molar-refractivity contribution in [3.05, 3.63) is 35.4 Å². The molecule has 1 saturated heterocycles. The second-order valence-electron chi connectivity index (χ2n) is 7.53. The topological polar surface area (TPSA) is 39.7 Å². The molecule has 1 aromatic carbocycles. The van der Waals surface area contributed by atoms with Gasteiger partial charge in [-0.2, -0.15) is 0 Å². The average Bonchev–Trinajstić information content (AvgIpc) is 3.33. The third-order valence-corrected chi connectivity index (χ3v) is 5.35. The quantitative estimate of drug-likeness (QED) is 0.392. The van der Waals surface area contributed by atoms with Crippen LogP contribution in [0.15, 0.2) is 29.3 Å². The Labute approximate surface area is 169 Å². The predicted octanol–water partition coefficient (Wildman–Crippen LogP) is 3.37. The second-order valence-corrected chi connectivity index (χ2v) is 7.53. The molecule has 2 unspecified atom stereocenters. The highest BCUT2D eigenvalue weighted by Gasteiger charge is 2.34. The summed E-state index contributed by atoms with van der Waals surface area (Å²) in [5, 5.41) is 7.00. The number of nitrogens with zero attached hydrogens (tertiary/aromatic N) is 2. The first-order valence-electron chi connectivity index (χ1n) is 9.41. The Bertz CT molecular complexity index is 571. The molecule has 1 aliphatic carbocycles. The molecule has 0 bridgehead atoms. The molecule has 3 rings (SSSR count). The largest absolute Gasteiger partial charge is 0.356 e. The van der Waals surface area contributed by atoms with Gasteiger partial charge in [0.1, 0.15) is 0 Å². The fourth-order valence-corrected chi connectivity index (χ4v) is 3.61. The number of aryl methyl sites for hydroxylation is 1. The number of rotatable bonds is 6. The van der Waals surface area contributed by atoms with Gasteiger partial charge in [-0.1, -0.05) is 36.8 Å².